The molecule has 0 saturated carbocycles. The lowest BCUT2D eigenvalue weighted by Crippen LogP contribution is -2.49. The van der Waals surface area contributed by atoms with Crippen LogP contribution in [0.1, 0.15) is 16.7 Å². The van der Waals surface area contributed by atoms with E-state index in [2.05, 4.69) is 41.4 Å². The van der Waals surface area contributed by atoms with Gasteiger partial charge in [-0.1, -0.05) is 24.3 Å². The lowest BCUT2D eigenvalue weighted by molar-refractivity contribution is -0.130. The molecule has 2 amide bonds. The van der Waals surface area contributed by atoms with Crippen LogP contribution in [-0.2, 0) is 22.4 Å². The minimum atomic E-state index is 0.0238. The van der Waals surface area contributed by atoms with Gasteiger partial charge in [-0.3, -0.25) is 9.59 Å². The highest BCUT2D eigenvalue weighted by molar-refractivity contribution is 5.99. The van der Waals surface area contributed by atoms with Crippen LogP contribution >= 0.6 is 0 Å². The predicted molar refractivity (Wildman–Crippen MR) is 102 cm³/mol. The highest BCUT2D eigenvalue weighted by atomic mass is 16.2. The molecule has 0 aromatic heterocycles. The SMILES string of the molecule is Cc1cccc(N2CCN(C(=O)Cc3ccc4c(c3)CC(=O)N4)CC2)c1. The third kappa shape index (κ3) is 3.43. The first-order valence-electron chi connectivity index (χ1n) is 9.09. The summed E-state index contributed by atoms with van der Waals surface area (Å²) < 4.78 is 0. The molecule has 4 rings (SSSR count). The molecule has 5 nitrogen and oxygen atoms in total. The Hall–Kier alpha value is -2.82. The number of piperazine rings is 1. The third-order valence-corrected chi connectivity index (χ3v) is 5.15. The molecule has 2 aliphatic rings. The molecular weight excluding hydrogens is 326 g/mol. The fourth-order valence-corrected chi connectivity index (χ4v) is 3.72. The van der Waals surface area contributed by atoms with Crippen molar-refractivity contribution in [3.63, 3.8) is 0 Å². The summed E-state index contributed by atoms with van der Waals surface area (Å²) in [5.74, 6) is 0.182. The predicted octanol–water partition coefficient (Wildman–Crippen LogP) is 2.38. The molecule has 0 spiro atoms. The second-order valence-corrected chi connectivity index (χ2v) is 7.10. The van der Waals surface area contributed by atoms with Gasteiger partial charge in [0.05, 0.1) is 12.8 Å². The van der Waals surface area contributed by atoms with Crippen LogP contribution in [0.5, 0.6) is 0 Å². The highest BCUT2D eigenvalue weighted by Crippen LogP contribution is 2.24. The van der Waals surface area contributed by atoms with Crippen molar-refractivity contribution in [2.24, 2.45) is 0 Å². The summed E-state index contributed by atoms with van der Waals surface area (Å²) in [5.41, 5.74) is 5.33. The maximum absolute atomic E-state index is 12.7. The van der Waals surface area contributed by atoms with Gasteiger partial charge < -0.3 is 15.1 Å². The number of nitrogens with one attached hydrogen (secondary N) is 1. The third-order valence-electron chi connectivity index (χ3n) is 5.15. The van der Waals surface area contributed by atoms with Gasteiger partial charge in [-0.15, -0.1) is 0 Å². The van der Waals surface area contributed by atoms with E-state index in [9.17, 15) is 9.59 Å². The summed E-state index contributed by atoms with van der Waals surface area (Å²) in [6.45, 7) is 5.31. The van der Waals surface area contributed by atoms with Gasteiger partial charge in [-0.05, 0) is 41.8 Å². The molecule has 26 heavy (non-hydrogen) atoms. The number of hydrogen-bond donors (Lipinski definition) is 1. The summed E-state index contributed by atoms with van der Waals surface area (Å²) in [6, 6.07) is 14.3. The van der Waals surface area contributed by atoms with E-state index in [1.54, 1.807) is 0 Å². The summed E-state index contributed by atoms with van der Waals surface area (Å²) >= 11 is 0. The van der Waals surface area contributed by atoms with Crippen molar-refractivity contribution < 1.29 is 9.59 Å². The largest absolute Gasteiger partial charge is 0.368 e. The van der Waals surface area contributed by atoms with E-state index >= 15 is 0 Å². The number of aryl methyl sites for hydroxylation is 1. The normalized spacial score (nSPS) is 16.4. The molecule has 2 heterocycles. The van der Waals surface area contributed by atoms with Crippen LogP contribution < -0.4 is 10.2 Å². The van der Waals surface area contributed by atoms with Gasteiger partial charge in [-0.25, -0.2) is 0 Å². The van der Waals surface area contributed by atoms with Crippen LogP contribution in [0.2, 0.25) is 0 Å². The molecule has 134 valence electrons. The smallest absolute Gasteiger partial charge is 0.228 e. The van der Waals surface area contributed by atoms with E-state index < -0.39 is 0 Å². The van der Waals surface area contributed by atoms with E-state index in [4.69, 9.17) is 0 Å². The highest BCUT2D eigenvalue weighted by Gasteiger charge is 2.23. The number of benzene rings is 2. The van der Waals surface area contributed by atoms with Gasteiger partial charge in [0.15, 0.2) is 0 Å². The Kier molecular flexibility index (Phi) is 4.37. The molecule has 1 N–H and O–H groups in total. The Morgan fingerprint density at radius 1 is 1.08 bits per heavy atom. The van der Waals surface area contributed by atoms with Crippen LogP contribution in [0, 0.1) is 6.92 Å². The zero-order chi connectivity index (χ0) is 18.1. The van der Waals surface area contributed by atoms with Crippen LogP contribution in [0.15, 0.2) is 42.5 Å². The average Bonchev–Trinajstić information content (AvgIpc) is 3.01. The number of carbonyl (C=O) groups is 2. The van der Waals surface area contributed by atoms with Crippen molar-refractivity contribution in [2.45, 2.75) is 19.8 Å². The van der Waals surface area contributed by atoms with Crippen LogP contribution in [0.4, 0.5) is 11.4 Å². The van der Waals surface area contributed by atoms with Crippen LogP contribution in [-0.4, -0.2) is 42.9 Å². The van der Waals surface area contributed by atoms with Crippen molar-refractivity contribution in [2.75, 3.05) is 36.4 Å². The zero-order valence-electron chi connectivity index (χ0n) is 15.0. The van der Waals surface area contributed by atoms with Gasteiger partial charge in [0, 0.05) is 37.6 Å². The lowest BCUT2D eigenvalue weighted by Gasteiger charge is -2.36. The second kappa shape index (κ2) is 6.83. The fourth-order valence-electron chi connectivity index (χ4n) is 3.72. The number of amides is 2. The fraction of sp³-hybridized carbons (Fsp3) is 0.333. The number of hydrogen-bond acceptors (Lipinski definition) is 3. The first kappa shape index (κ1) is 16.6. The molecule has 0 aliphatic carbocycles. The lowest BCUT2D eigenvalue weighted by atomic mass is 10.1. The quantitative estimate of drug-likeness (QED) is 0.926. The first-order chi connectivity index (χ1) is 12.6. The maximum Gasteiger partial charge on any atom is 0.228 e. The topological polar surface area (TPSA) is 52.7 Å². The van der Waals surface area contributed by atoms with Crippen molar-refractivity contribution in [1.29, 1.82) is 0 Å². The molecule has 2 aromatic rings. The number of fused-ring (bicyclic) bond motifs is 1. The maximum atomic E-state index is 12.7. The van der Waals surface area contributed by atoms with E-state index in [-0.39, 0.29) is 11.8 Å². The van der Waals surface area contributed by atoms with Crippen molar-refractivity contribution in [3.05, 3.63) is 59.2 Å². The molecule has 0 unspecified atom stereocenters. The summed E-state index contributed by atoms with van der Waals surface area (Å²) in [5, 5.41) is 2.83. The summed E-state index contributed by atoms with van der Waals surface area (Å²) in [7, 11) is 0. The first-order valence-corrected chi connectivity index (χ1v) is 9.09. The molecule has 5 heteroatoms. The standard InChI is InChI=1S/C21H23N3O2/c1-15-3-2-4-18(11-15)23-7-9-24(10-8-23)21(26)13-16-5-6-19-17(12-16)14-20(25)22-19/h2-6,11-12H,7-10,13-14H2,1H3,(H,22,25). The van der Waals surface area contributed by atoms with Gasteiger partial charge in [0.2, 0.25) is 11.8 Å². The molecule has 0 atom stereocenters. The second-order valence-electron chi connectivity index (χ2n) is 7.10. The van der Waals surface area contributed by atoms with Gasteiger partial charge in [0.25, 0.3) is 0 Å². The van der Waals surface area contributed by atoms with Crippen molar-refractivity contribution in [1.82, 2.24) is 4.90 Å². The van der Waals surface area contributed by atoms with E-state index in [1.807, 2.05) is 23.1 Å². The Labute approximate surface area is 153 Å². The molecular formula is C21H23N3O2. The number of nitrogens with zero attached hydrogens (tertiary/aromatic N) is 2. The Morgan fingerprint density at radius 2 is 1.88 bits per heavy atom. The van der Waals surface area contributed by atoms with Crippen LogP contribution in [0.25, 0.3) is 0 Å². The van der Waals surface area contributed by atoms with Crippen molar-refractivity contribution in [3.8, 4) is 0 Å². The minimum absolute atomic E-state index is 0.0238. The molecule has 2 aromatic carbocycles. The number of anilines is 2. The molecule has 2 aliphatic heterocycles. The summed E-state index contributed by atoms with van der Waals surface area (Å²) in [6.07, 6.45) is 0.804. The molecule has 0 radical (unpaired) electrons. The Bertz CT molecular complexity index is 854. The average molecular weight is 349 g/mol. The van der Waals surface area contributed by atoms with Gasteiger partial charge in [0.1, 0.15) is 0 Å². The molecule has 0 bridgehead atoms. The molecule has 1 fully saturated rings. The Morgan fingerprint density at radius 3 is 2.65 bits per heavy atom. The summed E-state index contributed by atoms with van der Waals surface area (Å²) in [4.78, 5) is 28.4. The van der Waals surface area contributed by atoms with Crippen molar-refractivity contribution >= 4 is 23.2 Å². The monoisotopic (exact) mass is 349 g/mol. The minimum Gasteiger partial charge on any atom is -0.368 e. The van der Waals surface area contributed by atoms with E-state index in [0.29, 0.717) is 12.8 Å². The number of carbonyl (C=O) groups excluding carboxylic acids is 2. The van der Waals surface area contributed by atoms with Gasteiger partial charge >= 0.3 is 0 Å². The van der Waals surface area contributed by atoms with Gasteiger partial charge in [-0.2, -0.15) is 0 Å². The zero-order valence-corrected chi connectivity index (χ0v) is 15.0. The molecule has 1 saturated heterocycles. The van der Waals surface area contributed by atoms with Crippen LogP contribution in [0.3, 0.4) is 0 Å². The number of rotatable bonds is 3. The van der Waals surface area contributed by atoms with E-state index in [1.165, 1.54) is 11.3 Å². The Balaban J connectivity index is 1.35. The van der Waals surface area contributed by atoms with E-state index in [0.717, 1.165) is 43.0 Å².